The number of aldehydes is 1. The Labute approximate surface area is 98.7 Å². The average molecular weight is 224 g/mol. The number of pyridine rings is 1. The van der Waals surface area contributed by atoms with E-state index in [4.69, 9.17) is 0 Å². The van der Waals surface area contributed by atoms with Crippen molar-refractivity contribution >= 4 is 22.7 Å². The number of aryl methyl sites for hydroxylation is 2. The fourth-order valence-corrected chi connectivity index (χ4v) is 2.21. The lowest BCUT2D eigenvalue weighted by molar-refractivity contribution is 0.111. The predicted octanol–water partition coefficient (Wildman–Crippen LogP) is 2.92. The summed E-state index contributed by atoms with van der Waals surface area (Å²) < 4.78 is 1.85. The highest BCUT2D eigenvalue weighted by Crippen LogP contribution is 2.22. The molecule has 0 fully saturated rings. The zero-order valence-electron chi connectivity index (χ0n) is 9.77. The van der Waals surface area contributed by atoms with Crippen molar-refractivity contribution in [3.05, 3.63) is 47.4 Å². The number of imidazole rings is 1. The number of carbonyl (C=O) groups excluding carboxylic acids is 1. The summed E-state index contributed by atoms with van der Waals surface area (Å²) in [5.41, 5.74) is 3.45. The van der Waals surface area contributed by atoms with Crippen LogP contribution in [0.3, 0.4) is 0 Å². The Morgan fingerprint density at radius 2 is 2.06 bits per heavy atom. The van der Waals surface area contributed by atoms with Gasteiger partial charge in [0.05, 0.1) is 5.69 Å². The molecular formula is C14H12N2O. The van der Waals surface area contributed by atoms with Gasteiger partial charge in [-0.3, -0.25) is 9.20 Å². The first kappa shape index (κ1) is 10.0. The Bertz CT molecular complexity index is 741. The van der Waals surface area contributed by atoms with Gasteiger partial charge in [0.25, 0.3) is 0 Å². The molecule has 0 radical (unpaired) electrons. The van der Waals surface area contributed by atoms with E-state index < -0.39 is 0 Å². The third kappa shape index (κ3) is 1.35. The van der Waals surface area contributed by atoms with Crippen molar-refractivity contribution in [2.75, 3.05) is 0 Å². The second-order valence-corrected chi connectivity index (χ2v) is 4.30. The maximum Gasteiger partial charge on any atom is 0.168 e. The second kappa shape index (κ2) is 3.42. The van der Waals surface area contributed by atoms with Gasteiger partial charge in [-0.05, 0) is 31.4 Å². The molecular weight excluding hydrogens is 212 g/mol. The van der Waals surface area contributed by atoms with Gasteiger partial charge in [-0.25, -0.2) is 4.98 Å². The van der Waals surface area contributed by atoms with Gasteiger partial charge in [-0.1, -0.05) is 17.7 Å². The molecule has 0 spiro atoms. The molecule has 3 heteroatoms. The molecule has 0 aliphatic carbocycles. The molecule has 0 N–H and O–H groups in total. The minimum Gasteiger partial charge on any atom is -0.297 e. The van der Waals surface area contributed by atoms with E-state index in [1.807, 2.05) is 23.6 Å². The van der Waals surface area contributed by atoms with E-state index in [0.717, 1.165) is 28.4 Å². The highest BCUT2D eigenvalue weighted by Gasteiger charge is 2.10. The van der Waals surface area contributed by atoms with E-state index in [-0.39, 0.29) is 0 Å². The van der Waals surface area contributed by atoms with Crippen molar-refractivity contribution < 1.29 is 4.79 Å². The number of benzene rings is 1. The van der Waals surface area contributed by atoms with Gasteiger partial charge >= 0.3 is 0 Å². The lowest BCUT2D eigenvalue weighted by Gasteiger charge is -2.02. The maximum absolute atomic E-state index is 11.0. The first-order valence-corrected chi connectivity index (χ1v) is 5.54. The second-order valence-electron chi connectivity index (χ2n) is 4.30. The molecule has 3 rings (SSSR count). The van der Waals surface area contributed by atoms with E-state index in [1.54, 1.807) is 0 Å². The van der Waals surface area contributed by atoms with Crippen molar-refractivity contribution in [1.29, 1.82) is 0 Å². The van der Waals surface area contributed by atoms with Crippen LogP contribution in [0.1, 0.15) is 21.7 Å². The number of fused-ring (bicyclic) bond motifs is 3. The summed E-state index contributed by atoms with van der Waals surface area (Å²) in [4.78, 5) is 15.5. The number of carbonyl (C=O) groups is 1. The van der Waals surface area contributed by atoms with Crippen LogP contribution < -0.4 is 0 Å². The Morgan fingerprint density at radius 3 is 2.82 bits per heavy atom. The third-order valence-corrected chi connectivity index (χ3v) is 3.10. The first-order valence-electron chi connectivity index (χ1n) is 5.54. The summed E-state index contributed by atoms with van der Waals surface area (Å²) in [6.45, 7) is 3.91. The molecule has 1 aromatic carbocycles. The summed E-state index contributed by atoms with van der Waals surface area (Å²) in [7, 11) is 0. The van der Waals surface area contributed by atoms with Gasteiger partial charge in [-0.2, -0.15) is 0 Å². The van der Waals surface area contributed by atoms with Crippen LogP contribution >= 0.6 is 0 Å². The van der Waals surface area contributed by atoms with E-state index in [0.29, 0.717) is 5.69 Å². The molecule has 3 nitrogen and oxygen atoms in total. The maximum atomic E-state index is 11.0. The molecule has 0 bridgehead atoms. The lowest BCUT2D eigenvalue weighted by Crippen LogP contribution is -1.92. The van der Waals surface area contributed by atoms with Crippen LogP contribution in [-0.4, -0.2) is 15.7 Å². The van der Waals surface area contributed by atoms with Crippen LogP contribution in [-0.2, 0) is 0 Å². The zero-order valence-corrected chi connectivity index (χ0v) is 9.77. The summed E-state index contributed by atoms with van der Waals surface area (Å²) in [6.07, 6.45) is 2.76. The van der Waals surface area contributed by atoms with Gasteiger partial charge < -0.3 is 0 Å². The monoisotopic (exact) mass is 224 g/mol. The fraction of sp³-hybridized carbons (Fsp3) is 0.143. The topological polar surface area (TPSA) is 34.4 Å². The van der Waals surface area contributed by atoms with Gasteiger partial charge in [0.1, 0.15) is 11.3 Å². The smallest absolute Gasteiger partial charge is 0.168 e. The van der Waals surface area contributed by atoms with Gasteiger partial charge in [0, 0.05) is 11.6 Å². The van der Waals surface area contributed by atoms with Crippen LogP contribution in [0.4, 0.5) is 0 Å². The van der Waals surface area contributed by atoms with Crippen molar-refractivity contribution in [3.63, 3.8) is 0 Å². The number of hydrogen-bond acceptors (Lipinski definition) is 2. The molecule has 0 saturated heterocycles. The standard InChI is InChI=1S/C14H12N2O/c1-9-3-4-11-5-6-16-13(8-17)10(2)15-14(16)12(11)7-9/h3-8H,1-2H3. The van der Waals surface area contributed by atoms with Gasteiger partial charge in [0.15, 0.2) is 6.29 Å². The van der Waals surface area contributed by atoms with Crippen molar-refractivity contribution in [3.8, 4) is 0 Å². The number of hydrogen-bond donors (Lipinski definition) is 0. The quantitative estimate of drug-likeness (QED) is 0.595. The Kier molecular flexibility index (Phi) is 2.01. The number of aromatic nitrogens is 2. The molecule has 0 saturated carbocycles. The normalized spacial score (nSPS) is 11.2. The molecule has 0 amide bonds. The van der Waals surface area contributed by atoms with Crippen molar-refractivity contribution in [2.24, 2.45) is 0 Å². The SMILES string of the molecule is Cc1ccc2ccn3c(C=O)c(C)nc3c2c1. The Hall–Kier alpha value is -2.16. The molecule has 2 heterocycles. The van der Waals surface area contributed by atoms with E-state index in [1.165, 1.54) is 5.56 Å². The Morgan fingerprint density at radius 1 is 1.24 bits per heavy atom. The van der Waals surface area contributed by atoms with Gasteiger partial charge in [-0.15, -0.1) is 0 Å². The predicted molar refractivity (Wildman–Crippen MR) is 67.6 cm³/mol. The van der Waals surface area contributed by atoms with Crippen LogP contribution in [0.15, 0.2) is 30.5 Å². The fourth-order valence-electron chi connectivity index (χ4n) is 2.21. The molecule has 84 valence electrons. The molecule has 0 unspecified atom stereocenters. The zero-order chi connectivity index (χ0) is 12.0. The van der Waals surface area contributed by atoms with E-state index >= 15 is 0 Å². The largest absolute Gasteiger partial charge is 0.297 e. The van der Waals surface area contributed by atoms with Crippen LogP contribution in [0.25, 0.3) is 16.4 Å². The minimum absolute atomic E-state index is 0.628. The van der Waals surface area contributed by atoms with E-state index in [9.17, 15) is 4.79 Å². The first-order chi connectivity index (χ1) is 8.20. The average Bonchev–Trinajstić information content (AvgIpc) is 2.65. The van der Waals surface area contributed by atoms with Crippen molar-refractivity contribution in [1.82, 2.24) is 9.38 Å². The molecule has 17 heavy (non-hydrogen) atoms. The molecule has 3 aromatic rings. The molecule has 0 atom stereocenters. The molecule has 0 aliphatic rings. The molecule has 0 aliphatic heterocycles. The summed E-state index contributed by atoms with van der Waals surface area (Å²) in [5.74, 6) is 0. The Balaban J connectivity index is 2.55. The van der Waals surface area contributed by atoms with E-state index in [2.05, 4.69) is 30.1 Å². The highest BCUT2D eigenvalue weighted by atomic mass is 16.1. The number of rotatable bonds is 1. The third-order valence-electron chi connectivity index (χ3n) is 3.10. The summed E-state index contributed by atoms with van der Waals surface area (Å²) >= 11 is 0. The number of nitrogens with zero attached hydrogens (tertiary/aromatic N) is 2. The van der Waals surface area contributed by atoms with Crippen LogP contribution in [0.2, 0.25) is 0 Å². The lowest BCUT2D eigenvalue weighted by atomic mass is 10.1. The summed E-state index contributed by atoms with van der Waals surface area (Å²) in [5, 5.41) is 2.23. The van der Waals surface area contributed by atoms with Crippen LogP contribution in [0, 0.1) is 13.8 Å². The minimum atomic E-state index is 0.628. The molecule has 2 aromatic heterocycles. The summed E-state index contributed by atoms with van der Waals surface area (Å²) in [6, 6.07) is 8.27. The highest BCUT2D eigenvalue weighted by molar-refractivity contribution is 5.95. The van der Waals surface area contributed by atoms with Gasteiger partial charge in [0.2, 0.25) is 0 Å². The van der Waals surface area contributed by atoms with Crippen molar-refractivity contribution in [2.45, 2.75) is 13.8 Å². The van der Waals surface area contributed by atoms with Crippen LogP contribution in [0.5, 0.6) is 0 Å².